The van der Waals surface area contributed by atoms with Gasteiger partial charge in [-0.1, -0.05) is 36.4 Å². The van der Waals surface area contributed by atoms with Crippen LogP contribution in [-0.4, -0.2) is 51.7 Å². The second-order valence-electron chi connectivity index (χ2n) is 8.09. The molecule has 0 spiro atoms. The molecule has 2 N–H and O–H groups in total. The largest absolute Gasteiger partial charge is 0.481 e. The van der Waals surface area contributed by atoms with Crippen LogP contribution in [0.15, 0.2) is 54.9 Å². The Morgan fingerprint density at radius 3 is 2.76 bits per heavy atom. The fraction of sp³-hybridized carbons (Fsp3) is 0.333. The smallest absolute Gasteiger partial charge is 0.314 e. The van der Waals surface area contributed by atoms with Crippen molar-refractivity contribution in [3.63, 3.8) is 0 Å². The summed E-state index contributed by atoms with van der Waals surface area (Å²) in [6.07, 6.45) is 4.24. The Bertz CT molecular complexity index is 1110. The van der Waals surface area contributed by atoms with E-state index in [0.29, 0.717) is 17.3 Å². The minimum absolute atomic E-state index is 0.125. The minimum atomic E-state index is -0.734. The van der Waals surface area contributed by atoms with Crippen LogP contribution in [0.25, 0.3) is 0 Å². The van der Waals surface area contributed by atoms with Gasteiger partial charge in [-0.15, -0.1) is 0 Å². The highest BCUT2D eigenvalue weighted by Crippen LogP contribution is 2.27. The number of benzene rings is 1. The van der Waals surface area contributed by atoms with Crippen LogP contribution >= 0.6 is 0 Å². The van der Waals surface area contributed by atoms with E-state index in [1.54, 1.807) is 24.5 Å². The number of hydrogen-bond donors (Lipinski definition) is 2. The van der Waals surface area contributed by atoms with Gasteiger partial charge >= 0.3 is 11.8 Å². The highest BCUT2D eigenvalue weighted by molar-refractivity contribution is 6.39. The third-order valence-corrected chi connectivity index (χ3v) is 5.74. The summed E-state index contributed by atoms with van der Waals surface area (Å²) in [5.74, 6) is -0.499. The van der Waals surface area contributed by atoms with Crippen molar-refractivity contribution in [3.8, 4) is 5.88 Å². The first-order valence-electron chi connectivity index (χ1n) is 10.9. The lowest BCUT2D eigenvalue weighted by atomic mass is 10.2. The van der Waals surface area contributed by atoms with Gasteiger partial charge in [0.05, 0.1) is 19.3 Å². The summed E-state index contributed by atoms with van der Waals surface area (Å²) in [5.41, 5.74) is 2.77. The van der Waals surface area contributed by atoms with Gasteiger partial charge in [0.1, 0.15) is 5.82 Å². The molecule has 2 aromatic heterocycles. The number of anilines is 1. The number of ether oxygens (including phenoxy) is 1. The topological polar surface area (TPSA) is 101 Å². The predicted molar refractivity (Wildman–Crippen MR) is 124 cm³/mol. The van der Waals surface area contributed by atoms with E-state index < -0.39 is 11.8 Å². The van der Waals surface area contributed by atoms with E-state index in [2.05, 4.69) is 37.7 Å². The number of rotatable bonds is 7. The normalized spacial score (nSPS) is 15.9. The first-order valence-corrected chi connectivity index (χ1v) is 10.9. The molecule has 1 aliphatic heterocycles. The highest BCUT2D eigenvalue weighted by atomic mass is 16.5. The number of methoxy groups -OCH3 is 1. The number of pyridine rings is 1. The molecule has 1 atom stereocenters. The second kappa shape index (κ2) is 10.3. The lowest BCUT2D eigenvalue weighted by Gasteiger charge is -2.18. The predicted octanol–water partition coefficient (Wildman–Crippen LogP) is 2.30. The van der Waals surface area contributed by atoms with Crippen LogP contribution in [0.4, 0.5) is 5.82 Å². The first kappa shape index (κ1) is 22.5. The van der Waals surface area contributed by atoms with Crippen LogP contribution in [0.5, 0.6) is 5.88 Å². The molecule has 0 radical (unpaired) electrons. The molecule has 33 heavy (non-hydrogen) atoms. The summed E-state index contributed by atoms with van der Waals surface area (Å²) in [6, 6.07) is 14.0. The van der Waals surface area contributed by atoms with Gasteiger partial charge in [-0.05, 0) is 25.0 Å². The van der Waals surface area contributed by atoms with Gasteiger partial charge < -0.3 is 15.4 Å². The van der Waals surface area contributed by atoms with E-state index in [4.69, 9.17) is 4.74 Å². The maximum atomic E-state index is 12.6. The molecule has 3 aromatic rings. The van der Waals surface area contributed by atoms with Crippen LogP contribution in [0, 0.1) is 6.92 Å². The molecule has 1 fully saturated rings. The number of hydrogen-bond acceptors (Lipinski definition) is 6. The molecule has 3 heterocycles. The van der Waals surface area contributed by atoms with E-state index in [0.717, 1.165) is 31.6 Å². The average molecular weight is 449 g/mol. The first-order chi connectivity index (χ1) is 16.0. The zero-order chi connectivity index (χ0) is 23.2. The monoisotopic (exact) mass is 448 g/mol. The van der Waals surface area contributed by atoms with E-state index in [-0.39, 0.29) is 12.6 Å². The molecule has 0 unspecified atom stereocenters. The molecule has 1 aromatic carbocycles. The third kappa shape index (κ3) is 5.38. The van der Waals surface area contributed by atoms with Gasteiger partial charge in [-0.2, -0.15) is 5.10 Å². The van der Waals surface area contributed by atoms with Gasteiger partial charge in [0, 0.05) is 43.5 Å². The molecule has 2 amide bonds. The Balaban J connectivity index is 1.36. The Hall–Kier alpha value is -3.72. The number of likely N-dealkylation sites (tertiary alicyclic amines) is 1. The molecule has 0 bridgehead atoms. The molecule has 172 valence electrons. The molecule has 9 heteroatoms. The number of aromatic nitrogens is 3. The Morgan fingerprint density at radius 2 is 1.97 bits per heavy atom. The molecule has 9 nitrogen and oxygen atoms in total. The van der Waals surface area contributed by atoms with Crippen LogP contribution < -0.4 is 15.4 Å². The molecule has 4 rings (SSSR count). The third-order valence-electron chi connectivity index (χ3n) is 5.74. The molecular formula is C24H28N6O3. The zero-order valence-electron chi connectivity index (χ0n) is 18.8. The minimum Gasteiger partial charge on any atom is -0.481 e. The summed E-state index contributed by atoms with van der Waals surface area (Å²) in [7, 11) is 1.51. The van der Waals surface area contributed by atoms with Gasteiger partial charge in [0.25, 0.3) is 0 Å². The highest BCUT2D eigenvalue weighted by Gasteiger charge is 2.28. The van der Waals surface area contributed by atoms with Crippen LogP contribution in [0.1, 0.15) is 29.2 Å². The molecule has 1 aliphatic rings. The lowest BCUT2D eigenvalue weighted by molar-refractivity contribution is -0.136. The Labute approximate surface area is 192 Å². The van der Waals surface area contributed by atoms with E-state index in [1.165, 1.54) is 12.7 Å². The zero-order valence-corrected chi connectivity index (χ0v) is 18.8. The van der Waals surface area contributed by atoms with Crippen LogP contribution in [0.3, 0.4) is 0 Å². The fourth-order valence-electron chi connectivity index (χ4n) is 4.04. The van der Waals surface area contributed by atoms with Crippen molar-refractivity contribution in [2.75, 3.05) is 25.5 Å². The van der Waals surface area contributed by atoms with Crippen molar-refractivity contribution < 1.29 is 14.3 Å². The summed E-state index contributed by atoms with van der Waals surface area (Å²) in [5, 5.41) is 9.86. The average Bonchev–Trinajstić information content (AvgIpc) is 3.44. The fourth-order valence-corrected chi connectivity index (χ4v) is 4.04. The Kier molecular flexibility index (Phi) is 6.99. The van der Waals surface area contributed by atoms with E-state index in [1.807, 2.05) is 29.8 Å². The number of nitrogens with one attached hydrogen (secondary N) is 2. The standard InChI is InChI=1S/C24H28N6O3/c1-17-13-27-30(20-10-12-29(16-20)15-18-7-4-3-5-8-18)21(17)28-23(32)22(31)26-14-19-9-6-11-25-24(19)33-2/h3-9,11,13,20H,10,12,14-16H2,1-2H3,(H,26,31)(H,28,32)/t20-/m0/s1. The van der Waals surface area contributed by atoms with Crippen molar-refractivity contribution in [3.05, 3.63) is 71.5 Å². The van der Waals surface area contributed by atoms with E-state index >= 15 is 0 Å². The van der Waals surface area contributed by atoms with Crippen LogP contribution in [0.2, 0.25) is 0 Å². The number of aryl methyl sites for hydroxylation is 1. The van der Waals surface area contributed by atoms with Crippen molar-refractivity contribution in [1.82, 2.24) is 25.0 Å². The molecule has 0 aliphatic carbocycles. The maximum absolute atomic E-state index is 12.6. The maximum Gasteiger partial charge on any atom is 0.314 e. The second-order valence-corrected chi connectivity index (χ2v) is 8.09. The number of carbonyl (C=O) groups is 2. The Morgan fingerprint density at radius 1 is 1.15 bits per heavy atom. The molecule has 0 saturated carbocycles. The molecule has 1 saturated heterocycles. The van der Waals surface area contributed by atoms with E-state index in [9.17, 15) is 9.59 Å². The van der Waals surface area contributed by atoms with Crippen LogP contribution in [-0.2, 0) is 22.7 Å². The van der Waals surface area contributed by atoms with Crippen molar-refractivity contribution in [1.29, 1.82) is 0 Å². The van der Waals surface area contributed by atoms with Crippen molar-refractivity contribution in [2.24, 2.45) is 0 Å². The summed E-state index contributed by atoms with van der Waals surface area (Å²) >= 11 is 0. The number of carbonyl (C=O) groups excluding carboxylic acids is 2. The van der Waals surface area contributed by atoms with Crippen molar-refractivity contribution >= 4 is 17.6 Å². The van der Waals surface area contributed by atoms with Gasteiger partial charge in [0.15, 0.2) is 0 Å². The van der Waals surface area contributed by atoms with Gasteiger partial charge in [-0.3, -0.25) is 14.5 Å². The number of amides is 2. The van der Waals surface area contributed by atoms with Gasteiger partial charge in [0.2, 0.25) is 5.88 Å². The SMILES string of the molecule is COc1ncccc1CNC(=O)C(=O)Nc1c(C)cnn1[C@H]1CCN(Cc2ccccc2)C1. The van der Waals surface area contributed by atoms with Crippen molar-refractivity contribution in [2.45, 2.75) is 32.5 Å². The summed E-state index contributed by atoms with van der Waals surface area (Å²) < 4.78 is 7.01. The summed E-state index contributed by atoms with van der Waals surface area (Å²) in [4.78, 5) is 31.5. The van der Waals surface area contributed by atoms with Gasteiger partial charge in [-0.25, -0.2) is 9.67 Å². The number of nitrogens with zero attached hydrogens (tertiary/aromatic N) is 4. The molecular weight excluding hydrogens is 420 g/mol. The lowest BCUT2D eigenvalue weighted by Crippen LogP contribution is -2.36. The quantitative estimate of drug-likeness (QED) is 0.538. The summed E-state index contributed by atoms with van der Waals surface area (Å²) in [6.45, 7) is 4.65.